The van der Waals surface area contributed by atoms with Crippen molar-refractivity contribution in [2.45, 2.75) is 51.6 Å². The van der Waals surface area contributed by atoms with Crippen molar-refractivity contribution in [3.8, 4) is 0 Å². The normalized spacial score (nSPS) is 19.2. The Hall–Kier alpha value is -1.56. The highest BCUT2D eigenvalue weighted by atomic mass is 16.2. The number of hydrogen-bond acceptors (Lipinski definition) is 4. The molecule has 1 saturated heterocycles. The van der Waals surface area contributed by atoms with Crippen molar-refractivity contribution in [3.05, 3.63) is 11.3 Å². The maximum absolute atomic E-state index is 12.1. The minimum absolute atomic E-state index is 0.0993. The molecule has 0 unspecified atom stereocenters. The van der Waals surface area contributed by atoms with Crippen molar-refractivity contribution in [2.75, 3.05) is 25.5 Å². The van der Waals surface area contributed by atoms with Crippen molar-refractivity contribution < 1.29 is 4.79 Å². The topological polar surface area (TPSA) is 62.2 Å². The van der Waals surface area contributed by atoms with Gasteiger partial charge in [0.25, 0.3) is 0 Å². The first-order valence-electron chi connectivity index (χ1n) is 8.16. The smallest absolute Gasteiger partial charge is 0.237 e. The number of carbonyl (C=O) groups excluding carboxylic acids is 1. The molecule has 1 aromatic heterocycles. The third-order valence-corrected chi connectivity index (χ3v) is 4.17. The van der Waals surface area contributed by atoms with E-state index in [1.807, 2.05) is 25.8 Å². The molecule has 6 nitrogen and oxygen atoms in total. The molecule has 0 spiro atoms. The molecule has 1 atom stereocenters. The molecule has 1 aromatic rings. The van der Waals surface area contributed by atoms with E-state index in [-0.39, 0.29) is 11.9 Å². The second kappa shape index (κ2) is 7.13. The largest absolute Gasteiger partial charge is 0.363 e. The van der Waals surface area contributed by atoms with E-state index in [9.17, 15) is 4.79 Å². The summed E-state index contributed by atoms with van der Waals surface area (Å²) in [4.78, 5) is 14.2. The fourth-order valence-electron chi connectivity index (χ4n) is 3.13. The van der Waals surface area contributed by atoms with Crippen LogP contribution in [0, 0.1) is 0 Å². The maximum atomic E-state index is 12.1. The quantitative estimate of drug-likeness (QED) is 0.862. The highest BCUT2D eigenvalue weighted by molar-refractivity contribution is 5.81. The number of carbonyl (C=O) groups is 1. The van der Waals surface area contributed by atoms with Crippen molar-refractivity contribution >= 4 is 11.7 Å². The van der Waals surface area contributed by atoms with Crippen LogP contribution in [0.1, 0.15) is 50.3 Å². The van der Waals surface area contributed by atoms with Gasteiger partial charge in [0.05, 0.1) is 11.7 Å². The maximum Gasteiger partial charge on any atom is 0.237 e. The monoisotopic (exact) mass is 307 g/mol. The molecule has 1 amide bonds. The number of nitrogens with zero attached hydrogens (tertiary/aromatic N) is 3. The van der Waals surface area contributed by atoms with Crippen LogP contribution >= 0.6 is 0 Å². The lowest BCUT2D eigenvalue weighted by Gasteiger charge is -2.19. The van der Waals surface area contributed by atoms with E-state index < -0.39 is 0 Å². The SMILES string of the molecule is CC(C)c1nn(C)c(N(C)C)c1CN[C@@H]1CCCCNC1=O. The summed E-state index contributed by atoms with van der Waals surface area (Å²) in [6, 6.07) is -0.0993. The van der Waals surface area contributed by atoms with Gasteiger partial charge in [0.1, 0.15) is 5.82 Å². The van der Waals surface area contributed by atoms with Gasteiger partial charge in [-0.25, -0.2) is 0 Å². The Bertz CT molecular complexity index is 521. The average molecular weight is 307 g/mol. The van der Waals surface area contributed by atoms with E-state index in [2.05, 4.69) is 34.5 Å². The summed E-state index contributed by atoms with van der Waals surface area (Å²) in [5.74, 6) is 1.59. The number of aromatic nitrogens is 2. The summed E-state index contributed by atoms with van der Waals surface area (Å²) in [5.41, 5.74) is 2.30. The second-order valence-corrected chi connectivity index (χ2v) is 6.58. The first-order chi connectivity index (χ1) is 10.4. The predicted octanol–water partition coefficient (Wildman–Crippen LogP) is 1.37. The van der Waals surface area contributed by atoms with E-state index in [0.29, 0.717) is 12.5 Å². The van der Waals surface area contributed by atoms with Crippen LogP contribution in [-0.4, -0.2) is 42.4 Å². The molecule has 0 saturated carbocycles. The number of hydrogen-bond donors (Lipinski definition) is 2. The zero-order chi connectivity index (χ0) is 16.3. The van der Waals surface area contributed by atoms with Crippen molar-refractivity contribution in [1.29, 1.82) is 0 Å². The lowest BCUT2D eigenvalue weighted by Crippen LogP contribution is -2.42. The molecule has 0 aliphatic carbocycles. The minimum Gasteiger partial charge on any atom is -0.363 e. The second-order valence-electron chi connectivity index (χ2n) is 6.58. The fraction of sp³-hybridized carbons (Fsp3) is 0.750. The number of anilines is 1. The fourth-order valence-corrected chi connectivity index (χ4v) is 3.13. The van der Waals surface area contributed by atoms with Gasteiger partial charge in [-0.3, -0.25) is 9.48 Å². The number of rotatable bonds is 5. The third-order valence-electron chi connectivity index (χ3n) is 4.17. The standard InChI is InChI=1S/C16H29N5O/c1-11(2)14-12(16(20(3)4)21(5)19-14)10-18-13-8-6-7-9-17-15(13)22/h11,13,18H,6-10H2,1-5H3,(H,17,22)/t13-/m1/s1. The van der Waals surface area contributed by atoms with Crippen LogP contribution < -0.4 is 15.5 Å². The molecule has 2 N–H and O–H groups in total. The number of amides is 1. The van der Waals surface area contributed by atoms with Gasteiger partial charge in [0.2, 0.25) is 5.91 Å². The van der Waals surface area contributed by atoms with Gasteiger partial charge < -0.3 is 15.5 Å². The highest BCUT2D eigenvalue weighted by Crippen LogP contribution is 2.27. The van der Waals surface area contributed by atoms with Crippen molar-refractivity contribution in [3.63, 3.8) is 0 Å². The molecule has 2 rings (SSSR count). The van der Waals surface area contributed by atoms with E-state index in [4.69, 9.17) is 0 Å². The lowest BCUT2D eigenvalue weighted by molar-refractivity contribution is -0.122. The number of nitrogens with one attached hydrogen (secondary N) is 2. The van der Waals surface area contributed by atoms with Gasteiger partial charge >= 0.3 is 0 Å². The molecule has 1 aliphatic rings. The Balaban J connectivity index is 2.18. The van der Waals surface area contributed by atoms with Crippen LogP contribution in [0.2, 0.25) is 0 Å². The van der Waals surface area contributed by atoms with Crippen LogP contribution in [0.15, 0.2) is 0 Å². The van der Waals surface area contributed by atoms with Crippen LogP contribution in [0.3, 0.4) is 0 Å². The molecule has 6 heteroatoms. The molecular formula is C16H29N5O. The Morgan fingerprint density at radius 1 is 1.41 bits per heavy atom. The van der Waals surface area contributed by atoms with Crippen LogP contribution in [0.4, 0.5) is 5.82 Å². The Morgan fingerprint density at radius 2 is 2.14 bits per heavy atom. The Kier molecular flexibility index (Phi) is 5.45. The summed E-state index contributed by atoms with van der Waals surface area (Å²) in [5, 5.41) is 11.1. The first kappa shape index (κ1) is 16.8. The van der Waals surface area contributed by atoms with Crippen LogP contribution in [0.5, 0.6) is 0 Å². The molecule has 0 radical (unpaired) electrons. The zero-order valence-corrected chi connectivity index (χ0v) is 14.4. The van der Waals surface area contributed by atoms with Crippen LogP contribution in [0.25, 0.3) is 0 Å². The summed E-state index contributed by atoms with van der Waals surface area (Å²) in [7, 11) is 6.04. The van der Waals surface area contributed by atoms with Gasteiger partial charge in [0.15, 0.2) is 0 Å². The first-order valence-corrected chi connectivity index (χ1v) is 8.16. The van der Waals surface area contributed by atoms with E-state index in [1.54, 1.807) is 0 Å². The molecule has 0 aromatic carbocycles. The predicted molar refractivity (Wildman–Crippen MR) is 89.1 cm³/mol. The molecule has 1 aliphatic heterocycles. The van der Waals surface area contributed by atoms with Crippen LogP contribution in [-0.2, 0) is 18.4 Å². The Labute approximate surface area is 133 Å². The molecule has 0 bridgehead atoms. The lowest BCUT2D eigenvalue weighted by atomic mass is 10.0. The third kappa shape index (κ3) is 3.61. The Morgan fingerprint density at radius 3 is 2.77 bits per heavy atom. The average Bonchev–Trinajstić information content (AvgIpc) is 2.64. The van der Waals surface area contributed by atoms with Gasteiger partial charge in [-0.2, -0.15) is 5.10 Å². The van der Waals surface area contributed by atoms with Crippen molar-refractivity contribution in [2.24, 2.45) is 7.05 Å². The molecule has 124 valence electrons. The van der Waals surface area contributed by atoms with E-state index in [1.165, 1.54) is 5.56 Å². The highest BCUT2D eigenvalue weighted by Gasteiger charge is 2.24. The summed E-state index contributed by atoms with van der Waals surface area (Å²) >= 11 is 0. The van der Waals surface area contributed by atoms with Gasteiger partial charge in [-0.05, 0) is 25.2 Å². The summed E-state index contributed by atoms with van der Waals surface area (Å²) < 4.78 is 1.93. The van der Waals surface area contributed by atoms with Gasteiger partial charge in [-0.15, -0.1) is 0 Å². The van der Waals surface area contributed by atoms with Crippen molar-refractivity contribution in [1.82, 2.24) is 20.4 Å². The van der Waals surface area contributed by atoms with Gasteiger partial charge in [-0.1, -0.05) is 13.8 Å². The zero-order valence-electron chi connectivity index (χ0n) is 14.4. The molecule has 1 fully saturated rings. The minimum atomic E-state index is -0.0993. The summed E-state index contributed by atoms with van der Waals surface area (Å²) in [6.07, 6.45) is 3.05. The molecule has 22 heavy (non-hydrogen) atoms. The van der Waals surface area contributed by atoms with E-state index in [0.717, 1.165) is 37.3 Å². The van der Waals surface area contributed by atoms with Gasteiger partial charge in [0, 0.05) is 39.8 Å². The summed E-state index contributed by atoms with van der Waals surface area (Å²) in [6.45, 7) is 5.78. The molecular weight excluding hydrogens is 278 g/mol. The number of aryl methyl sites for hydroxylation is 1. The van der Waals surface area contributed by atoms with E-state index >= 15 is 0 Å². The molecule has 2 heterocycles.